The van der Waals surface area contributed by atoms with Gasteiger partial charge in [-0.05, 0) is 39.5 Å². The lowest BCUT2D eigenvalue weighted by Gasteiger charge is -2.27. The molecule has 0 radical (unpaired) electrons. The van der Waals surface area contributed by atoms with Gasteiger partial charge in [0.05, 0.1) is 24.9 Å². The van der Waals surface area contributed by atoms with Gasteiger partial charge in [0.25, 0.3) is 0 Å². The third-order valence-corrected chi connectivity index (χ3v) is 3.63. The average molecular weight is 252 g/mol. The number of ether oxygens (including phenoxy) is 2. The lowest BCUT2D eigenvalue weighted by molar-refractivity contribution is -0.0218. The number of nitrogens with one attached hydrogen (secondary N) is 1. The summed E-state index contributed by atoms with van der Waals surface area (Å²) in [4.78, 5) is 0. The lowest BCUT2D eigenvalue weighted by Crippen LogP contribution is -2.45. The molecule has 0 aromatic heterocycles. The minimum Gasteiger partial charge on any atom is -0.376 e. The number of hydrogen-bond donors (Lipinski definition) is 1. The van der Waals surface area contributed by atoms with E-state index in [2.05, 4.69) is 11.4 Å². The third-order valence-electron chi connectivity index (χ3n) is 3.63. The SMILES string of the molecule is CC(CC(C)(C#N)NC1CC1)OCC1CCCO1. The maximum absolute atomic E-state index is 9.30. The van der Waals surface area contributed by atoms with Gasteiger partial charge in [-0.25, -0.2) is 0 Å². The summed E-state index contributed by atoms with van der Waals surface area (Å²) in [5.41, 5.74) is -0.461. The van der Waals surface area contributed by atoms with E-state index in [-0.39, 0.29) is 12.2 Å². The number of hydrogen-bond acceptors (Lipinski definition) is 4. The topological polar surface area (TPSA) is 54.3 Å². The Morgan fingerprint density at radius 3 is 2.83 bits per heavy atom. The van der Waals surface area contributed by atoms with Gasteiger partial charge in [-0.15, -0.1) is 0 Å². The monoisotopic (exact) mass is 252 g/mol. The van der Waals surface area contributed by atoms with Crippen LogP contribution < -0.4 is 5.32 Å². The highest BCUT2D eigenvalue weighted by Crippen LogP contribution is 2.25. The van der Waals surface area contributed by atoms with Gasteiger partial charge in [0, 0.05) is 19.1 Å². The zero-order chi connectivity index (χ0) is 13.0. The van der Waals surface area contributed by atoms with E-state index in [1.54, 1.807) is 0 Å². The Labute approximate surface area is 110 Å². The van der Waals surface area contributed by atoms with E-state index in [4.69, 9.17) is 9.47 Å². The quantitative estimate of drug-likeness (QED) is 0.753. The van der Waals surface area contributed by atoms with Crippen molar-refractivity contribution in [2.45, 2.75) is 69.7 Å². The van der Waals surface area contributed by atoms with E-state index < -0.39 is 5.54 Å². The molecule has 3 unspecified atom stereocenters. The Morgan fingerprint density at radius 2 is 2.28 bits per heavy atom. The normalized spacial score (nSPS) is 28.6. The van der Waals surface area contributed by atoms with E-state index in [0.29, 0.717) is 12.6 Å². The van der Waals surface area contributed by atoms with Gasteiger partial charge in [-0.2, -0.15) is 5.26 Å². The summed E-state index contributed by atoms with van der Waals surface area (Å²) < 4.78 is 11.3. The Kier molecular flexibility index (Phi) is 4.60. The van der Waals surface area contributed by atoms with Crippen molar-refractivity contribution >= 4 is 0 Å². The molecule has 1 saturated carbocycles. The fourth-order valence-electron chi connectivity index (χ4n) is 2.50. The summed E-state index contributed by atoms with van der Waals surface area (Å²) in [6, 6.07) is 2.93. The first-order valence-electron chi connectivity index (χ1n) is 7.03. The van der Waals surface area contributed by atoms with Crippen LogP contribution >= 0.6 is 0 Å². The van der Waals surface area contributed by atoms with Crippen LogP contribution in [-0.2, 0) is 9.47 Å². The molecule has 4 heteroatoms. The Balaban J connectivity index is 1.70. The van der Waals surface area contributed by atoms with Gasteiger partial charge < -0.3 is 9.47 Å². The molecule has 1 N–H and O–H groups in total. The summed E-state index contributed by atoms with van der Waals surface area (Å²) in [5.74, 6) is 0. The van der Waals surface area contributed by atoms with Crippen molar-refractivity contribution in [1.82, 2.24) is 5.32 Å². The molecular formula is C14H24N2O2. The fraction of sp³-hybridized carbons (Fsp3) is 0.929. The van der Waals surface area contributed by atoms with Crippen molar-refractivity contribution < 1.29 is 9.47 Å². The predicted octanol–water partition coefficient (Wildman–Crippen LogP) is 1.99. The summed E-state index contributed by atoms with van der Waals surface area (Å²) in [7, 11) is 0. The van der Waals surface area contributed by atoms with Crippen LogP contribution in [-0.4, -0.2) is 37.0 Å². The van der Waals surface area contributed by atoms with Gasteiger partial charge in [-0.1, -0.05) is 0 Å². The number of rotatable bonds is 7. The van der Waals surface area contributed by atoms with E-state index in [1.807, 2.05) is 13.8 Å². The van der Waals surface area contributed by atoms with Gasteiger partial charge in [-0.3, -0.25) is 5.32 Å². The molecular weight excluding hydrogens is 228 g/mol. The molecule has 3 atom stereocenters. The molecule has 4 nitrogen and oxygen atoms in total. The minimum absolute atomic E-state index is 0.0881. The molecule has 2 aliphatic rings. The van der Waals surface area contributed by atoms with Crippen LogP contribution in [0.5, 0.6) is 0 Å². The fourth-order valence-corrected chi connectivity index (χ4v) is 2.50. The van der Waals surface area contributed by atoms with Crippen LogP contribution in [0.15, 0.2) is 0 Å². The van der Waals surface area contributed by atoms with Crippen LogP contribution in [0.25, 0.3) is 0 Å². The highest BCUT2D eigenvalue weighted by Gasteiger charge is 2.34. The molecule has 0 aromatic carbocycles. The molecule has 0 amide bonds. The maximum Gasteiger partial charge on any atom is 0.106 e. The maximum atomic E-state index is 9.30. The smallest absolute Gasteiger partial charge is 0.106 e. The van der Waals surface area contributed by atoms with Crippen molar-refractivity contribution in [2.24, 2.45) is 0 Å². The molecule has 1 aliphatic carbocycles. The molecule has 18 heavy (non-hydrogen) atoms. The predicted molar refractivity (Wildman–Crippen MR) is 69.2 cm³/mol. The van der Waals surface area contributed by atoms with Gasteiger partial charge in [0.1, 0.15) is 5.54 Å². The second-order valence-corrected chi connectivity index (χ2v) is 5.85. The van der Waals surface area contributed by atoms with Crippen LogP contribution in [0.4, 0.5) is 0 Å². The second-order valence-electron chi connectivity index (χ2n) is 5.85. The molecule has 102 valence electrons. The summed E-state index contributed by atoms with van der Waals surface area (Å²) in [6.07, 6.45) is 5.71. The van der Waals surface area contributed by atoms with Crippen LogP contribution in [0.2, 0.25) is 0 Å². The Bertz CT molecular complexity index is 305. The van der Waals surface area contributed by atoms with Gasteiger partial charge >= 0.3 is 0 Å². The molecule has 0 aromatic rings. The highest BCUT2D eigenvalue weighted by molar-refractivity contribution is 5.07. The minimum atomic E-state index is -0.461. The molecule has 1 aliphatic heterocycles. The van der Waals surface area contributed by atoms with E-state index >= 15 is 0 Å². The molecule has 2 fully saturated rings. The zero-order valence-electron chi connectivity index (χ0n) is 11.4. The Hall–Kier alpha value is -0.630. The molecule has 0 spiro atoms. The van der Waals surface area contributed by atoms with Crippen molar-refractivity contribution in [3.8, 4) is 6.07 Å². The largest absolute Gasteiger partial charge is 0.376 e. The Morgan fingerprint density at radius 1 is 1.50 bits per heavy atom. The first-order valence-corrected chi connectivity index (χ1v) is 7.03. The molecule has 1 saturated heterocycles. The van der Waals surface area contributed by atoms with Gasteiger partial charge in [0.2, 0.25) is 0 Å². The van der Waals surface area contributed by atoms with Crippen molar-refractivity contribution in [3.63, 3.8) is 0 Å². The van der Waals surface area contributed by atoms with Crippen molar-refractivity contribution in [3.05, 3.63) is 0 Å². The van der Waals surface area contributed by atoms with Crippen molar-refractivity contribution in [1.29, 1.82) is 5.26 Å². The standard InChI is InChI=1S/C14H24N2O2/c1-11(18-9-13-4-3-7-17-13)8-14(2,10-15)16-12-5-6-12/h11-13,16H,3-9H2,1-2H3. The second kappa shape index (κ2) is 6.01. The zero-order valence-corrected chi connectivity index (χ0v) is 11.4. The molecule has 1 heterocycles. The van der Waals surface area contributed by atoms with Crippen LogP contribution in [0.1, 0.15) is 46.0 Å². The first-order chi connectivity index (χ1) is 8.61. The lowest BCUT2D eigenvalue weighted by atomic mass is 9.96. The average Bonchev–Trinajstić information content (AvgIpc) is 2.98. The summed E-state index contributed by atoms with van der Waals surface area (Å²) in [6.45, 7) is 5.53. The van der Waals surface area contributed by atoms with Crippen LogP contribution in [0.3, 0.4) is 0 Å². The van der Waals surface area contributed by atoms with E-state index in [9.17, 15) is 5.26 Å². The molecule has 0 bridgehead atoms. The molecule has 2 rings (SSSR count). The number of nitriles is 1. The van der Waals surface area contributed by atoms with Gasteiger partial charge in [0.15, 0.2) is 0 Å². The first kappa shape index (κ1) is 13.8. The van der Waals surface area contributed by atoms with Crippen molar-refractivity contribution in [2.75, 3.05) is 13.2 Å². The van der Waals surface area contributed by atoms with Crippen LogP contribution in [0, 0.1) is 11.3 Å². The highest BCUT2D eigenvalue weighted by atomic mass is 16.5. The summed E-state index contributed by atoms with van der Waals surface area (Å²) in [5, 5.41) is 12.7. The number of nitrogens with zero attached hydrogens (tertiary/aromatic N) is 1. The summed E-state index contributed by atoms with van der Waals surface area (Å²) >= 11 is 0. The van der Waals surface area contributed by atoms with E-state index in [1.165, 1.54) is 12.8 Å². The van der Waals surface area contributed by atoms with E-state index in [0.717, 1.165) is 25.9 Å². The third kappa shape index (κ3) is 4.24.